The molecule has 0 N–H and O–H groups in total. The van der Waals surface area contributed by atoms with Gasteiger partial charge in [-0.25, -0.2) is 0 Å². The van der Waals surface area contributed by atoms with Gasteiger partial charge < -0.3 is 0 Å². The van der Waals surface area contributed by atoms with Gasteiger partial charge in [-0.3, -0.25) is 4.98 Å². The summed E-state index contributed by atoms with van der Waals surface area (Å²) >= 11 is 0. The second-order valence-corrected chi connectivity index (χ2v) is 7.20. The van der Waals surface area contributed by atoms with Crippen LogP contribution in [0.5, 0.6) is 0 Å². The van der Waals surface area contributed by atoms with Crippen LogP contribution >= 0.6 is 0 Å². The fraction of sp³-hybridized carbons (Fsp3) is 0.286. The molecule has 0 saturated heterocycles. The van der Waals surface area contributed by atoms with Crippen molar-refractivity contribution in [3.63, 3.8) is 0 Å². The van der Waals surface area contributed by atoms with Crippen LogP contribution < -0.4 is 0 Å². The molecule has 1 nitrogen and oxygen atoms in total. The van der Waals surface area contributed by atoms with E-state index in [0.29, 0.717) is 0 Å². The Morgan fingerprint density at radius 2 is 1.68 bits per heavy atom. The number of benzene rings is 2. The average molecular weight is 289 g/mol. The Balaban J connectivity index is 2.17. The molecule has 0 aliphatic heterocycles. The molecular formula is C21H23N. The molecule has 2 aromatic carbocycles. The third kappa shape index (κ3) is 2.76. The normalized spacial score (nSPS) is 11.9. The summed E-state index contributed by atoms with van der Waals surface area (Å²) in [4.78, 5) is 4.70. The predicted molar refractivity (Wildman–Crippen MR) is 95.4 cm³/mol. The third-order valence-electron chi connectivity index (χ3n) is 4.22. The van der Waals surface area contributed by atoms with E-state index in [2.05, 4.69) is 77.1 Å². The number of nitrogens with zero attached hydrogens (tertiary/aromatic N) is 1. The van der Waals surface area contributed by atoms with E-state index in [1.165, 1.54) is 33.0 Å². The van der Waals surface area contributed by atoms with Gasteiger partial charge in [0.2, 0.25) is 0 Å². The molecule has 0 spiro atoms. The number of hydrogen-bond donors (Lipinski definition) is 0. The van der Waals surface area contributed by atoms with Gasteiger partial charge in [0.1, 0.15) is 0 Å². The smallest absolute Gasteiger partial charge is 0.0708 e. The molecule has 0 amide bonds. The van der Waals surface area contributed by atoms with Gasteiger partial charge in [-0.15, -0.1) is 0 Å². The van der Waals surface area contributed by atoms with Crippen molar-refractivity contribution in [1.29, 1.82) is 0 Å². The molecule has 3 rings (SSSR count). The van der Waals surface area contributed by atoms with E-state index in [4.69, 9.17) is 4.98 Å². The van der Waals surface area contributed by atoms with Crippen LogP contribution in [-0.4, -0.2) is 4.98 Å². The maximum Gasteiger partial charge on any atom is 0.0708 e. The number of rotatable bonds is 1. The van der Waals surface area contributed by atoms with Crippen LogP contribution in [0.25, 0.3) is 22.0 Å². The van der Waals surface area contributed by atoms with Crippen LogP contribution in [0.4, 0.5) is 0 Å². The Bertz CT molecular complexity index is 838. The van der Waals surface area contributed by atoms with Gasteiger partial charge >= 0.3 is 0 Å². The van der Waals surface area contributed by atoms with Gasteiger partial charge in [-0.05, 0) is 54.0 Å². The van der Waals surface area contributed by atoms with Crippen LogP contribution in [0.2, 0.25) is 0 Å². The highest BCUT2D eigenvalue weighted by Gasteiger charge is 2.15. The highest BCUT2D eigenvalue weighted by Crippen LogP contribution is 2.30. The minimum Gasteiger partial charge on any atom is -0.256 e. The first kappa shape index (κ1) is 14.8. The Morgan fingerprint density at radius 3 is 2.41 bits per heavy atom. The molecular weight excluding hydrogens is 266 g/mol. The van der Waals surface area contributed by atoms with E-state index in [-0.39, 0.29) is 5.41 Å². The summed E-state index contributed by atoms with van der Waals surface area (Å²) < 4.78 is 0. The minimum absolute atomic E-state index is 0.147. The lowest BCUT2D eigenvalue weighted by molar-refractivity contribution is 0.590. The topological polar surface area (TPSA) is 12.9 Å². The van der Waals surface area contributed by atoms with E-state index in [1.807, 2.05) is 6.20 Å². The van der Waals surface area contributed by atoms with Crippen molar-refractivity contribution in [2.24, 2.45) is 0 Å². The molecule has 0 bridgehead atoms. The second kappa shape index (κ2) is 5.24. The van der Waals surface area contributed by atoms with E-state index in [0.717, 1.165) is 5.69 Å². The van der Waals surface area contributed by atoms with Crippen LogP contribution in [0, 0.1) is 13.8 Å². The van der Waals surface area contributed by atoms with Crippen molar-refractivity contribution in [2.75, 3.05) is 0 Å². The average Bonchev–Trinajstić information content (AvgIpc) is 2.45. The third-order valence-corrected chi connectivity index (χ3v) is 4.22. The summed E-state index contributed by atoms with van der Waals surface area (Å²) in [5, 5.41) is 2.48. The van der Waals surface area contributed by atoms with Crippen molar-refractivity contribution in [3.05, 3.63) is 65.4 Å². The molecule has 0 saturated carbocycles. The molecule has 0 aliphatic carbocycles. The molecule has 3 aromatic rings. The largest absolute Gasteiger partial charge is 0.256 e. The number of fused-ring (bicyclic) bond motifs is 1. The van der Waals surface area contributed by atoms with E-state index < -0.39 is 0 Å². The maximum atomic E-state index is 4.70. The molecule has 112 valence electrons. The van der Waals surface area contributed by atoms with Crippen LogP contribution in [-0.2, 0) is 5.41 Å². The summed E-state index contributed by atoms with van der Waals surface area (Å²) in [6.45, 7) is 11.0. The van der Waals surface area contributed by atoms with E-state index >= 15 is 0 Å². The first-order valence-corrected chi connectivity index (χ1v) is 7.82. The number of aromatic nitrogens is 1. The monoisotopic (exact) mass is 289 g/mol. The van der Waals surface area contributed by atoms with Gasteiger partial charge in [-0.1, -0.05) is 50.6 Å². The highest BCUT2D eigenvalue weighted by molar-refractivity contribution is 5.87. The molecule has 0 atom stereocenters. The van der Waals surface area contributed by atoms with E-state index in [9.17, 15) is 0 Å². The first-order chi connectivity index (χ1) is 10.3. The standard InChI is InChI=1S/C21H23N/c1-14-9-17(11-18(10-14)21(3,4)5)20-12-16-8-6-7-15(2)19(16)13-22-20/h6-13H,1-5H3. The van der Waals surface area contributed by atoms with Crippen LogP contribution in [0.3, 0.4) is 0 Å². The zero-order valence-corrected chi connectivity index (χ0v) is 14.1. The quantitative estimate of drug-likeness (QED) is 0.550. The zero-order valence-electron chi connectivity index (χ0n) is 14.1. The van der Waals surface area contributed by atoms with Crippen molar-refractivity contribution in [2.45, 2.75) is 40.0 Å². The van der Waals surface area contributed by atoms with Gasteiger partial charge in [-0.2, -0.15) is 0 Å². The number of pyridine rings is 1. The molecule has 1 aromatic heterocycles. The lowest BCUT2D eigenvalue weighted by atomic mass is 9.84. The van der Waals surface area contributed by atoms with Crippen molar-refractivity contribution < 1.29 is 0 Å². The van der Waals surface area contributed by atoms with Gasteiger partial charge in [0, 0.05) is 17.1 Å². The molecule has 1 heteroatoms. The Kier molecular flexibility index (Phi) is 3.52. The Labute approximate surface area is 133 Å². The predicted octanol–water partition coefficient (Wildman–Crippen LogP) is 5.82. The maximum absolute atomic E-state index is 4.70. The number of aryl methyl sites for hydroxylation is 2. The minimum atomic E-state index is 0.147. The molecule has 1 heterocycles. The van der Waals surface area contributed by atoms with Gasteiger partial charge in [0.05, 0.1) is 5.69 Å². The van der Waals surface area contributed by atoms with Crippen LogP contribution in [0.15, 0.2) is 48.7 Å². The summed E-state index contributed by atoms with van der Waals surface area (Å²) in [6, 6.07) is 15.4. The summed E-state index contributed by atoms with van der Waals surface area (Å²) in [5.74, 6) is 0. The van der Waals surface area contributed by atoms with Gasteiger partial charge in [0.25, 0.3) is 0 Å². The summed E-state index contributed by atoms with van der Waals surface area (Å²) in [7, 11) is 0. The SMILES string of the molecule is Cc1cc(-c2cc3cccc(C)c3cn2)cc(C(C)(C)C)c1. The Morgan fingerprint density at radius 1 is 0.909 bits per heavy atom. The molecule has 0 aliphatic rings. The molecule has 0 fully saturated rings. The first-order valence-electron chi connectivity index (χ1n) is 7.82. The van der Waals surface area contributed by atoms with E-state index in [1.54, 1.807) is 0 Å². The van der Waals surface area contributed by atoms with Crippen molar-refractivity contribution >= 4 is 10.8 Å². The fourth-order valence-electron chi connectivity index (χ4n) is 2.85. The zero-order chi connectivity index (χ0) is 15.9. The molecule has 0 unspecified atom stereocenters. The summed E-state index contributed by atoms with van der Waals surface area (Å²) in [6.07, 6.45) is 2.00. The lowest BCUT2D eigenvalue weighted by Crippen LogP contribution is -2.11. The highest BCUT2D eigenvalue weighted by atomic mass is 14.7. The number of hydrogen-bond acceptors (Lipinski definition) is 1. The fourth-order valence-corrected chi connectivity index (χ4v) is 2.85. The summed E-state index contributed by atoms with van der Waals surface area (Å²) in [5.41, 5.74) is 6.31. The van der Waals surface area contributed by atoms with Gasteiger partial charge in [0.15, 0.2) is 0 Å². The van der Waals surface area contributed by atoms with Crippen molar-refractivity contribution in [3.8, 4) is 11.3 Å². The van der Waals surface area contributed by atoms with Crippen molar-refractivity contribution in [1.82, 2.24) is 4.98 Å². The Hall–Kier alpha value is -2.15. The second-order valence-electron chi connectivity index (χ2n) is 7.20. The molecule has 0 radical (unpaired) electrons. The van der Waals surface area contributed by atoms with Crippen LogP contribution in [0.1, 0.15) is 37.5 Å². The lowest BCUT2D eigenvalue weighted by Gasteiger charge is -2.20. The molecule has 22 heavy (non-hydrogen) atoms.